The van der Waals surface area contributed by atoms with E-state index in [4.69, 9.17) is 4.74 Å². The topological polar surface area (TPSA) is 9.23 Å². The third kappa shape index (κ3) is 4.13. The van der Waals surface area contributed by atoms with Crippen molar-refractivity contribution in [3.8, 4) is 0 Å². The highest BCUT2D eigenvalue weighted by Crippen LogP contribution is 2.41. The molecule has 102 valence electrons. The monoisotopic (exact) mass is 248 g/mol. The van der Waals surface area contributed by atoms with Gasteiger partial charge in [0, 0.05) is 13.0 Å². The van der Waals surface area contributed by atoms with Gasteiger partial charge in [0.15, 0.2) is 0 Å². The zero-order valence-electron chi connectivity index (χ0n) is 12.4. The van der Waals surface area contributed by atoms with Crippen molar-refractivity contribution >= 4 is 0 Å². The van der Waals surface area contributed by atoms with Gasteiger partial charge >= 0.3 is 0 Å². The zero-order chi connectivity index (χ0) is 13.6. The molecule has 0 radical (unpaired) electrons. The van der Waals surface area contributed by atoms with Gasteiger partial charge in [0.2, 0.25) is 0 Å². The van der Waals surface area contributed by atoms with Crippen molar-refractivity contribution in [2.24, 2.45) is 11.3 Å². The predicted molar refractivity (Wildman–Crippen MR) is 79.6 cm³/mol. The van der Waals surface area contributed by atoms with E-state index in [1.165, 1.54) is 18.4 Å². The van der Waals surface area contributed by atoms with E-state index < -0.39 is 0 Å². The highest BCUT2D eigenvalue weighted by Gasteiger charge is 2.30. The number of ether oxygens (including phenoxy) is 1. The maximum atomic E-state index is 5.49. The van der Waals surface area contributed by atoms with Crippen molar-refractivity contribution in [3.05, 3.63) is 36.5 Å². The van der Waals surface area contributed by atoms with Crippen molar-refractivity contribution in [1.29, 1.82) is 0 Å². The third-order valence-corrected chi connectivity index (χ3v) is 4.06. The molecule has 0 bridgehead atoms. The van der Waals surface area contributed by atoms with Gasteiger partial charge in [-0.05, 0) is 38.0 Å². The molecule has 2 atom stereocenters. The molecule has 0 fully saturated rings. The molecule has 0 spiro atoms. The lowest BCUT2D eigenvalue weighted by Gasteiger charge is -2.37. The summed E-state index contributed by atoms with van der Waals surface area (Å²) in [5.41, 5.74) is 1.87. The van der Waals surface area contributed by atoms with E-state index in [1.54, 1.807) is 7.11 Å². The minimum absolute atomic E-state index is 0.216. The molecule has 18 heavy (non-hydrogen) atoms. The molecule has 0 aromatic heterocycles. The first-order valence-electron chi connectivity index (χ1n) is 7.00. The third-order valence-electron chi connectivity index (χ3n) is 4.06. The van der Waals surface area contributed by atoms with Gasteiger partial charge in [-0.3, -0.25) is 0 Å². The van der Waals surface area contributed by atoms with Crippen LogP contribution in [-0.2, 0) is 4.74 Å². The van der Waals surface area contributed by atoms with E-state index in [1.807, 2.05) is 6.08 Å². The lowest BCUT2D eigenvalue weighted by molar-refractivity contribution is 0.133. The Bertz CT molecular complexity index is 323. The quantitative estimate of drug-likeness (QED) is 0.607. The molecular weight excluding hydrogens is 220 g/mol. The minimum Gasteiger partial charge on any atom is -0.377 e. The molecule has 1 heteroatoms. The van der Waals surface area contributed by atoms with Crippen molar-refractivity contribution in [2.45, 2.75) is 52.6 Å². The van der Waals surface area contributed by atoms with Crippen LogP contribution in [0.4, 0.5) is 0 Å². The number of hydrogen-bond donors (Lipinski definition) is 0. The summed E-state index contributed by atoms with van der Waals surface area (Å²) in [5, 5.41) is 0. The van der Waals surface area contributed by atoms with Crippen LogP contribution in [0.5, 0.6) is 0 Å². The van der Waals surface area contributed by atoms with E-state index in [2.05, 4.69) is 45.6 Å². The largest absolute Gasteiger partial charge is 0.377 e. The molecule has 0 aromatic rings. The Morgan fingerprint density at radius 1 is 1.56 bits per heavy atom. The van der Waals surface area contributed by atoms with Crippen LogP contribution in [0.25, 0.3) is 0 Å². The predicted octanol–water partition coefficient (Wildman–Crippen LogP) is 4.91. The van der Waals surface area contributed by atoms with Crippen molar-refractivity contribution < 1.29 is 4.74 Å². The Morgan fingerprint density at radius 2 is 2.28 bits per heavy atom. The van der Waals surface area contributed by atoms with E-state index in [0.717, 1.165) is 12.8 Å². The second-order valence-corrected chi connectivity index (χ2v) is 5.98. The zero-order valence-corrected chi connectivity index (χ0v) is 12.4. The second kappa shape index (κ2) is 6.94. The molecule has 0 saturated heterocycles. The summed E-state index contributed by atoms with van der Waals surface area (Å²) >= 11 is 0. The summed E-state index contributed by atoms with van der Waals surface area (Å²) in [6.07, 6.45) is 13.6. The molecule has 1 aliphatic carbocycles. The molecule has 1 aliphatic rings. The first-order chi connectivity index (χ1) is 8.51. The standard InChI is InChI=1S/C17H28O/c1-6-7-10-15(18-5)11-12-16-14(2)9-8-13-17(16,3)4/h6,9,11-12,15-16H,1,7-8,10,13H2,2-5H3/b12-11+. The fourth-order valence-electron chi connectivity index (χ4n) is 2.79. The molecule has 0 amide bonds. The van der Waals surface area contributed by atoms with Gasteiger partial charge in [-0.1, -0.05) is 43.7 Å². The molecule has 0 aliphatic heterocycles. The lowest BCUT2D eigenvalue weighted by Crippen LogP contribution is -2.26. The average Bonchev–Trinajstić information content (AvgIpc) is 2.31. The van der Waals surface area contributed by atoms with Gasteiger partial charge in [-0.15, -0.1) is 6.58 Å². The molecule has 0 saturated carbocycles. The normalized spacial score (nSPS) is 24.9. The van der Waals surface area contributed by atoms with E-state index >= 15 is 0 Å². The van der Waals surface area contributed by atoms with Crippen LogP contribution in [0.1, 0.15) is 46.5 Å². The maximum Gasteiger partial charge on any atom is 0.0755 e. The summed E-state index contributed by atoms with van der Waals surface area (Å²) in [7, 11) is 1.78. The van der Waals surface area contributed by atoms with Crippen LogP contribution < -0.4 is 0 Å². The molecule has 1 nitrogen and oxygen atoms in total. The van der Waals surface area contributed by atoms with Gasteiger partial charge in [-0.25, -0.2) is 0 Å². The summed E-state index contributed by atoms with van der Waals surface area (Å²) in [5.74, 6) is 0.549. The smallest absolute Gasteiger partial charge is 0.0755 e. The van der Waals surface area contributed by atoms with Gasteiger partial charge in [0.1, 0.15) is 0 Å². The SMILES string of the molecule is C=CCCC(/C=C/C1C(C)=CCCC1(C)C)OC. The van der Waals surface area contributed by atoms with E-state index in [9.17, 15) is 0 Å². The molecule has 0 heterocycles. The van der Waals surface area contributed by atoms with Gasteiger partial charge in [0.25, 0.3) is 0 Å². The Labute approximate surface area is 113 Å². The average molecular weight is 248 g/mol. The molecule has 2 unspecified atom stereocenters. The van der Waals surface area contributed by atoms with Crippen molar-refractivity contribution in [2.75, 3.05) is 7.11 Å². The fraction of sp³-hybridized carbons (Fsp3) is 0.647. The molecular formula is C17H28O. The Kier molecular flexibility index (Phi) is 5.87. The Hall–Kier alpha value is -0.820. The lowest BCUT2D eigenvalue weighted by atomic mass is 9.68. The van der Waals surface area contributed by atoms with Gasteiger partial charge < -0.3 is 4.74 Å². The number of rotatable bonds is 6. The molecule has 1 rings (SSSR count). The van der Waals surface area contributed by atoms with Crippen LogP contribution >= 0.6 is 0 Å². The summed E-state index contributed by atoms with van der Waals surface area (Å²) in [6, 6.07) is 0. The van der Waals surface area contributed by atoms with Crippen LogP contribution in [-0.4, -0.2) is 13.2 Å². The van der Waals surface area contributed by atoms with Crippen molar-refractivity contribution in [1.82, 2.24) is 0 Å². The molecule has 0 aromatic carbocycles. The fourth-order valence-corrected chi connectivity index (χ4v) is 2.79. The maximum absolute atomic E-state index is 5.49. The highest BCUT2D eigenvalue weighted by molar-refractivity contribution is 5.19. The molecule has 0 N–H and O–H groups in total. The van der Waals surface area contributed by atoms with Gasteiger partial charge in [0.05, 0.1) is 6.10 Å². The van der Waals surface area contributed by atoms with Crippen LogP contribution in [0.15, 0.2) is 36.5 Å². The van der Waals surface area contributed by atoms with Crippen molar-refractivity contribution in [3.63, 3.8) is 0 Å². The van der Waals surface area contributed by atoms with E-state index in [-0.39, 0.29) is 6.10 Å². The highest BCUT2D eigenvalue weighted by atomic mass is 16.5. The first kappa shape index (κ1) is 15.2. The number of methoxy groups -OCH3 is 1. The van der Waals surface area contributed by atoms with Crippen LogP contribution in [0.3, 0.4) is 0 Å². The van der Waals surface area contributed by atoms with E-state index in [0.29, 0.717) is 11.3 Å². The number of allylic oxidation sites excluding steroid dienone is 4. The second-order valence-electron chi connectivity index (χ2n) is 5.98. The summed E-state index contributed by atoms with van der Waals surface area (Å²) in [6.45, 7) is 10.7. The minimum atomic E-state index is 0.216. The summed E-state index contributed by atoms with van der Waals surface area (Å²) in [4.78, 5) is 0. The number of hydrogen-bond acceptors (Lipinski definition) is 1. The Balaban J connectivity index is 2.70. The van der Waals surface area contributed by atoms with Crippen LogP contribution in [0, 0.1) is 11.3 Å². The first-order valence-corrected chi connectivity index (χ1v) is 7.00. The van der Waals surface area contributed by atoms with Gasteiger partial charge in [-0.2, -0.15) is 0 Å². The summed E-state index contributed by atoms with van der Waals surface area (Å²) < 4.78 is 5.49. The Morgan fingerprint density at radius 3 is 2.83 bits per heavy atom. The van der Waals surface area contributed by atoms with Crippen LogP contribution in [0.2, 0.25) is 0 Å².